The average Bonchev–Trinajstić information content (AvgIpc) is 2.83. The molecule has 1 aliphatic rings. The van der Waals surface area contributed by atoms with Gasteiger partial charge in [-0.05, 0) is 31.4 Å². The minimum Gasteiger partial charge on any atom is -0.313 e. The molecule has 0 unspecified atom stereocenters. The Morgan fingerprint density at radius 1 is 1.24 bits per heavy atom. The van der Waals surface area contributed by atoms with Gasteiger partial charge in [0, 0.05) is 18.2 Å². The molecule has 1 aliphatic carbocycles. The van der Waals surface area contributed by atoms with E-state index in [2.05, 4.69) is 17.5 Å². The van der Waals surface area contributed by atoms with Crippen LogP contribution in [0.3, 0.4) is 0 Å². The molecule has 0 heterocycles. The molecule has 0 saturated heterocycles. The van der Waals surface area contributed by atoms with E-state index in [0.29, 0.717) is 6.04 Å². The number of nitrogens with one attached hydrogen (secondary N) is 1. The average molecular weight is 232 g/mol. The molecule has 0 aromatic heterocycles. The summed E-state index contributed by atoms with van der Waals surface area (Å²) in [7, 11) is 0. The van der Waals surface area contributed by atoms with Crippen molar-refractivity contribution in [2.45, 2.75) is 25.3 Å². The van der Waals surface area contributed by atoms with Crippen molar-refractivity contribution >= 4 is 5.69 Å². The third-order valence-corrected chi connectivity index (χ3v) is 3.00. The molecule has 2 rings (SSSR count). The Kier molecular flexibility index (Phi) is 3.88. The Morgan fingerprint density at radius 3 is 2.47 bits per heavy atom. The Hall–Kier alpha value is -1.68. The number of hydrogen-bond donors (Lipinski definition) is 1. The molecule has 0 saturated carbocycles. The van der Waals surface area contributed by atoms with Crippen molar-refractivity contribution in [2.24, 2.45) is 0 Å². The van der Waals surface area contributed by atoms with Gasteiger partial charge in [-0.25, -0.2) is 0 Å². The number of nitrogens with zero attached hydrogens (tertiary/aromatic N) is 1. The van der Waals surface area contributed by atoms with Gasteiger partial charge in [0.05, 0.1) is 4.92 Å². The van der Waals surface area contributed by atoms with Crippen molar-refractivity contribution in [3.05, 3.63) is 52.1 Å². The smallest absolute Gasteiger partial charge is 0.269 e. The van der Waals surface area contributed by atoms with Gasteiger partial charge in [-0.3, -0.25) is 10.1 Å². The van der Waals surface area contributed by atoms with E-state index >= 15 is 0 Å². The van der Waals surface area contributed by atoms with Gasteiger partial charge in [0.15, 0.2) is 0 Å². The van der Waals surface area contributed by atoms with Crippen molar-refractivity contribution in [1.82, 2.24) is 5.32 Å². The molecule has 17 heavy (non-hydrogen) atoms. The van der Waals surface area contributed by atoms with Crippen molar-refractivity contribution < 1.29 is 4.92 Å². The fourth-order valence-electron chi connectivity index (χ4n) is 1.99. The SMILES string of the molecule is O=[N+]([O-])c1ccc(CCNC2CC=CC2)cc1. The van der Waals surface area contributed by atoms with E-state index in [9.17, 15) is 10.1 Å². The zero-order valence-electron chi connectivity index (χ0n) is 9.63. The van der Waals surface area contributed by atoms with Crippen LogP contribution in [-0.4, -0.2) is 17.5 Å². The Labute approximate surface area is 100 Å². The van der Waals surface area contributed by atoms with Gasteiger partial charge in [-0.1, -0.05) is 24.3 Å². The summed E-state index contributed by atoms with van der Waals surface area (Å²) in [6.45, 7) is 0.921. The molecule has 0 fully saturated rings. The van der Waals surface area contributed by atoms with Gasteiger partial charge >= 0.3 is 0 Å². The summed E-state index contributed by atoms with van der Waals surface area (Å²) in [5.74, 6) is 0. The van der Waals surface area contributed by atoms with Crippen molar-refractivity contribution in [3.63, 3.8) is 0 Å². The first kappa shape index (κ1) is 11.8. The monoisotopic (exact) mass is 232 g/mol. The minimum absolute atomic E-state index is 0.154. The van der Waals surface area contributed by atoms with Crippen LogP contribution in [0.15, 0.2) is 36.4 Å². The summed E-state index contributed by atoms with van der Waals surface area (Å²) in [6.07, 6.45) is 7.53. The molecule has 0 aliphatic heterocycles. The Balaban J connectivity index is 1.76. The van der Waals surface area contributed by atoms with Gasteiger partial charge in [-0.2, -0.15) is 0 Å². The van der Waals surface area contributed by atoms with Crippen molar-refractivity contribution in [2.75, 3.05) is 6.54 Å². The fourth-order valence-corrected chi connectivity index (χ4v) is 1.99. The van der Waals surface area contributed by atoms with Crippen LogP contribution < -0.4 is 5.32 Å². The summed E-state index contributed by atoms with van der Waals surface area (Å²) >= 11 is 0. The van der Waals surface area contributed by atoms with Crippen LogP contribution >= 0.6 is 0 Å². The fraction of sp³-hybridized carbons (Fsp3) is 0.385. The summed E-state index contributed by atoms with van der Waals surface area (Å²) in [6, 6.07) is 7.35. The van der Waals surface area contributed by atoms with E-state index in [0.717, 1.165) is 31.4 Å². The van der Waals surface area contributed by atoms with E-state index in [1.807, 2.05) is 12.1 Å². The second-order valence-corrected chi connectivity index (χ2v) is 4.27. The maximum absolute atomic E-state index is 10.5. The van der Waals surface area contributed by atoms with Crippen LogP contribution in [0.1, 0.15) is 18.4 Å². The standard InChI is InChI=1S/C13H16N2O2/c16-15(17)13-7-5-11(6-8-13)9-10-14-12-3-1-2-4-12/h1-2,5-8,12,14H,3-4,9-10H2. The Bertz CT molecular complexity index is 404. The lowest BCUT2D eigenvalue weighted by Crippen LogP contribution is -2.28. The van der Waals surface area contributed by atoms with E-state index < -0.39 is 0 Å². The summed E-state index contributed by atoms with van der Waals surface area (Å²) in [4.78, 5) is 10.1. The summed E-state index contributed by atoms with van der Waals surface area (Å²) in [5.41, 5.74) is 1.29. The Morgan fingerprint density at radius 2 is 1.88 bits per heavy atom. The van der Waals surface area contributed by atoms with Gasteiger partial charge in [0.2, 0.25) is 0 Å². The molecule has 0 radical (unpaired) electrons. The molecule has 1 N–H and O–H groups in total. The van der Waals surface area contributed by atoms with Crippen LogP contribution in [0.4, 0.5) is 5.69 Å². The third kappa shape index (κ3) is 3.39. The van der Waals surface area contributed by atoms with Gasteiger partial charge in [0.25, 0.3) is 5.69 Å². The number of non-ortho nitro benzene ring substituents is 1. The van der Waals surface area contributed by atoms with Crippen molar-refractivity contribution in [3.8, 4) is 0 Å². The number of hydrogen-bond acceptors (Lipinski definition) is 3. The number of benzene rings is 1. The molecule has 1 aromatic carbocycles. The molecule has 4 nitrogen and oxygen atoms in total. The molecular formula is C13H16N2O2. The lowest BCUT2D eigenvalue weighted by Gasteiger charge is -2.11. The summed E-state index contributed by atoms with van der Waals surface area (Å²) in [5, 5.41) is 14.0. The van der Waals surface area contributed by atoms with Crippen LogP contribution in [0, 0.1) is 10.1 Å². The van der Waals surface area contributed by atoms with Crippen molar-refractivity contribution in [1.29, 1.82) is 0 Å². The molecule has 0 atom stereocenters. The number of rotatable bonds is 5. The molecule has 0 spiro atoms. The quantitative estimate of drug-likeness (QED) is 0.482. The van der Waals surface area contributed by atoms with Gasteiger partial charge in [0.1, 0.15) is 0 Å². The maximum atomic E-state index is 10.5. The molecule has 0 bridgehead atoms. The zero-order chi connectivity index (χ0) is 12.1. The van der Waals surface area contributed by atoms with Crippen LogP contribution in [0.25, 0.3) is 0 Å². The maximum Gasteiger partial charge on any atom is 0.269 e. The van der Waals surface area contributed by atoms with E-state index in [4.69, 9.17) is 0 Å². The highest BCUT2D eigenvalue weighted by Gasteiger charge is 2.08. The highest BCUT2D eigenvalue weighted by molar-refractivity contribution is 5.32. The highest BCUT2D eigenvalue weighted by atomic mass is 16.6. The van der Waals surface area contributed by atoms with Crippen LogP contribution in [0.5, 0.6) is 0 Å². The summed E-state index contributed by atoms with van der Waals surface area (Å²) < 4.78 is 0. The minimum atomic E-state index is -0.369. The zero-order valence-corrected chi connectivity index (χ0v) is 9.63. The third-order valence-electron chi connectivity index (χ3n) is 3.00. The molecular weight excluding hydrogens is 216 g/mol. The lowest BCUT2D eigenvalue weighted by atomic mass is 10.1. The second kappa shape index (κ2) is 5.59. The number of nitro benzene ring substituents is 1. The first-order valence-electron chi connectivity index (χ1n) is 5.87. The molecule has 1 aromatic rings. The number of nitro groups is 1. The first-order chi connectivity index (χ1) is 8.25. The molecule has 90 valence electrons. The van der Waals surface area contributed by atoms with E-state index in [1.165, 1.54) is 0 Å². The molecule has 4 heteroatoms. The lowest BCUT2D eigenvalue weighted by molar-refractivity contribution is -0.384. The second-order valence-electron chi connectivity index (χ2n) is 4.27. The van der Waals surface area contributed by atoms with E-state index in [-0.39, 0.29) is 10.6 Å². The van der Waals surface area contributed by atoms with Gasteiger partial charge < -0.3 is 5.32 Å². The highest BCUT2D eigenvalue weighted by Crippen LogP contribution is 2.13. The van der Waals surface area contributed by atoms with Crippen LogP contribution in [0.2, 0.25) is 0 Å². The predicted octanol–water partition coefficient (Wildman–Crippen LogP) is 2.45. The van der Waals surface area contributed by atoms with E-state index in [1.54, 1.807) is 12.1 Å². The first-order valence-corrected chi connectivity index (χ1v) is 5.87. The largest absolute Gasteiger partial charge is 0.313 e. The van der Waals surface area contributed by atoms with Gasteiger partial charge in [-0.15, -0.1) is 0 Å². The predicted molar refractivity (Wildman–Crippen MR) is 67.0 cm³/mol. The topological polar surface area (TPSA) is 55.2 Å². The normalized spacial score (nSPS) is 15.3. The molecule has 0 amide bonds. The van der Waals surface area contributed by atoms with Crippen LogP contribution in [-0.2, 0) is 6.42 Å².